The van der Waals surface area contributed by atoms with Crippen LogP contribution in [0.4, 0.5) is 11.4 Å². The number of carbonyl (C=O) groups is 1. The quantitative estimate of drug-likeness (QED) is 0.761. The maximum Gasteiger partial charge on any atom is 0.249 e. The summed E-state index contributed by atoms with van der Waals surface area (Å²) in [5.41, 5.74) is 4.26. The summed E-state index contributed by atoms with van der Waals surface area (Å²) in [7, 11) is 0. The highest BCUT2D eigenvalue weighted by Crippen LogP contribution is 2.32. The molecule has 0 spiro atoms. The van der Waals surface area contributed by atoms with Crippen LogP contribution in [0.25, 0.3) is 10.2 Å². The van der Waals surface area contributed by atoms with E-state index in [4.69, 9.17) is 0 Å². The van der Waals surface area contributed by atoms with Gasteiger partial charge in [-0.1, -0.05) is 18.2 Å². The van der Waals surface area contributed by atoms with Crippen molar-refractivity contribution in [3.05, 3.63) is 53.0 Å². The number of thiazole rings is 1. The van der Waals surface area contributed by atoms with Crippen LogP contribution in [-0.2, 0) is 11.2 Å². The van der Waals surface area contributed by atoms with E-state index in [0.29, 0.717) is 0 Å². The maximum atomic E-state index is 13.0. The smallest absolute Gasteiger partial charge is 0.249 e. The molecule has 1 amide bonds. The number of hydrogen-bond donors (Lipinski definition) is 1. The van der Waals surface area contributed by atoms with Gasteiger partial charge in [0, 0.05) is 17.4 Å². The Labute approximate surface area is 151 Å². The number of aryl methyl sites for hydroxylation is 1. The Bertz CT molecular complexity index is 949. The number of nitrogens with zero attached hydrogens (tertiary/aromatic N) is 2. The van der Waals surface area contributed by atoms with E-state index in [0.717, 1.165) is 33.0 Å². The van der Waals surface area contributed by atoms with Crippen LogP contribution in [0.15, 0.2) is 42.5 Å². The summed E-state index contributed by atoms with van der Waals surface area (Å²) in [6.45, 7) is 6.05. The zero-order chi connectivity index (χ0) is 17.6. The van der Waals surface area contributed by atoms with Crippen LogP contribution < -0.4 is 10.2 Å². The van der Waals surface area contributed by atoms with Crippen molar-refractivity contribution in [1.29, 1.82) is 0 Å². The second kappa shape index (κ2) is 6.15. The second-order valence-corrected chi connectivity index (χ2v) is 7.91. The van der Waals surface area contributed by atoms with Crippen LogP contribution in [0.3, 0.4) is 0 Å². The van der Waals surface area contributed by atoms with Gasteiger partial charge in [0.1, 0.15) is 6.04 Å². The van der Waals surface area contributed by atoms with Gasteiger partial charge in [0.05, 0.1) is 15.2 Å². The molecule has 2 aromatic carbocycles. The van der Waals surface area contributed by atoms with E-state index in [2.05, 4.69) is 29.4 Å². The van der Waals surface area contributed by atoms with Gasteiger partial charge in [0.15, 0.2) is 0 Å². The first-order chi connectivity index (χ1) is 12.0. The Hall–Kier alpha value is -2.40. The normalized spacial score (nSPS) is 17.6. The summed E-state index contributed by atoms with van der Waals surface area (Å²) in [6, 6.07) is 14.2. The van der Waals surface area contributed by atoms with Gasteiger partial charge >= 0.3 is 0 Å². The summed E-state index contributed by atoms with van der Waals surface area (Å²) in [6.07, 6.45) is 0.917. The third kappa shape index (κ3) is 2.89. The average Bonchev–Trinajstić information content (AvgIpc) is 3.11. The van der Waals surface area contributed by atoms with Gasteiger partial charge in [-0.3, -0.25) is 4.79 Å². The molecule has 4 nitrogen and oxygen atoms in total. The maximum absolute atomic E-state index is 13.0. The molecule has 1 aliphatic rings. The van der Waals surface area contributed by atoms with Crippen LogP contribution in [0.5, 0.6) is 0 Å². The zero-order valence-electron chi connectivity index (χ0n) is 14.6. The minimum Gasteiger partial charge on any atom is -0.374 e. The summed E-state index contributed by atoms with van der Waals surface area (Å²) >= 11 is 1.67. The number of para-hydroxylation sites is 1. The molecule has 0 aliphatic carbocycles. The number of aromatic nitrogens is 1. The topological polar surface area (TPSA) is 45.2 Å². The lowest BCUT2D eigenvalue weighted by molar-refractivity contribution is -0.119. The molecule has 5 heteroatoms. The number of carbonyl (C=O) groups excluding carboxylic acids is 1. The van der Waals surface area contributed by atoms with Gasteiger partial charge in [-0.25, -0.2) is 4.98 Å². The second-order valence-electron chi connectivity index (χ2n) is 6.67. The van der Waals surface area contributed by atoms with Crippen molar-refractivity contribution in [2.45, 2.75) is 39.3 Å². The van der Waals surface area contributed by atoms with Gasteiger partial charge in [0.25, 0.3) is 0 Å². The van der Waals surface area contributed by atoms with Crippen LogP contribution in [0.2, 0.25) is 0 Å². The highest BCUT2D eigenvalue weighted by molar-refractivity contribution is 7.18. The minimum atomic E-state index is -0.292. The van der Waals surface area contributed by atoms with Gasteiger partial charge in [-0.2, -0.15) is 0 Å². The largest absolute Gasteiger partial charge is 0.374 e. The average molecular weight is 351 g/mol. The SMILES string of the molecule is Cc1nc2ccc(N[C@@H](C)C(=O)N3c4ccccc4C[C@H]3C)cc2s1. The summed E-state index contributed by atoms with van der Waals surface area (Å²) in [4.78, 5) is 19.5. The van der Waals surface area contributed by atoms with E-state index in [1.54, 1.807) is 11.3 Å². The van der Waals surface area contributed by atoms with E-state index in [-0.39, 0.29) is 18.0 Å². The lowest BCUT2D eigenvalue weighted by Crippen LogP contribution is -2.44. The number of amides is 1. The molecule has 1 aliphatic heterocycles. The molecule has 0 fully saturated rings. The third-order valence-electron chi connectivity index (χ3n) is 4.69. The first kappa shape index (κ1) is 16.1. The summed E-state index contributed by atoms with van der Waals surface area (Å²) < 4.78 is 1.14. The lowest BCUT2D eigenvalue weighted by Gasteiger charge is -2.27. The van der Waals surface area contributed by atoms with Gasteiger partial charge in [-0.05, 0) is 57.0 Å². The number of anilines is 2. The fraction of sp³-hybridized carbons (Fsp3) is 0.300. The predicted octanol–water partition coefficient (Wildman–Crippen LogP) is 4.38. The van der Waals surface area contributed by atoms with Crippen molar-refractivity contribution >= 4 is 38.8 Å². The first-order valence-electron chi connectivity index (χ1n) is 8.57. The van der Waals surface area contributed by atoms with E-state index >= 15 is 0 Å². The molecule has 0 unspecified atom stereocenters. The Balaban J connectivity index is 1.55. The fourth-order valence-corrected chi connectivity index (χ4v) is 4.42. The standard InChI is InChI=1S/C20H21N3OS/c1-12-10-15-6-4-5-7-18(15)23(12)20(24)13(2)21-16-8-9-17-19(11-16)25-14(3)22-17/h4-9,11-13,21H,10H2,1-3H3/t12-,13+/m1/s1. The zero-order valence-corrected chi connectivity index (χ0v) is 15.4. The number of fused-ring (bicyclic) bond motifs is 2. The molecule has 0 saturated carbocycles. The van der Waals surface area contributed by atoms with Crippen LogP contribution in [0.1, 0.15) is 24.4 Å². The molecule has 0 radical (unpaired) electrons. The molecular formula is C20H21N3OS. The summed E-state index contributed by atoms with van der Waals surface area (Å²) in [5.74, 6) is 0.109. The van der Waals surface area contributed by atoms with Crippen LogP contribution in [-0.4, -0.2) is 23.0 Å². The molecule has 4 rings (SSSR count). The molecule has 0 saturated heterocycles. The molecular weight excluding hydrogens is 330 g/mol. The molecule has 2 atom stereocenters. The van der Waals surface area contributed by atoms with Crippen molar-refractivity contribution in [3.63, 3.8) is 0 Å². The van der Waals surface area contributed by atoms with Crippen molar-refractivity contribution in [1.82, 2.24) is 4.98 Å². The number of nitrogens with one attached hydrogen (secondary N) is 1. The Morgan fingerprint density at radius 1 is 1.32 bits per heavy atom. The molecule has 1 aromatic heterocycles. The number of benzene rings is 2. The third-order valence-corrected chi connectivity index (χ3v) is 5.63. The van der Waals surface area contributed by atoms with Gasteiger partial charge < -0.3 is 10.2 Å². The number of hydrogen-bond acceptors (Lipinski definition) is 4. The van der Waals surface area contributed by atoms with Crippen LogP contribution in [0, 0.1) is 6.92 Å². The highest BCUT2D eigenvalue weighted by atomic mass is 32.1. The Morgan fingerprint density at radius 2 is 2.12 bits per heavy atom. The molecule has 3 aromatic rings. The van der Waals surface area contributed by atoms with Crippen molar-refractivity contribution < 1.29 is 4.79 Å². The molecule has 0 bridgehead atoms. The van der Waals surface area contributed by atoms with E-state index in [1.165, 1.54) is 5.56 Å². The predicted molar refractivity (Wildman–Crippen MR) is 105 cm³/mol. The molecule has 128 valence electrons. The van der Waals surface area contributed by atoms with E-state index in [1.807, 2.05) is 49.1 Å². The first-order valence-corrected chi connectivity index (χ1v) is 9.39. The monoisotopic (exact) mass is 351 g/mol. The van der Waals surface area contributed by atoms with Gasteiger partial charge in [-0.15, -0.1) is 11.3 Å². The lowest BCUT2D eigenvalue weighted by atomic mass is 10.1. The summed E-state index contributed by atoms with van der Waals surface area (Å²) in [5, 5.41) is 4.41. The van der Waals surface area contributed by atoms with Crippen LogP contribution >= 0.6 is 11.3 Å². The fourth-order valence-electron chi connectivity index (χ4n) is 3.55. The van der Waals surface area contributed by atoms with Crippen molar-refractivity contribution in [2.75, 3.05) is 10.2 Å². The molecule has 2 heterocycles. The molecule has 25 heavy (non-hydrogen) atoms. The van der Waals surface area contributed by atoms with E-state index in [9.17, 15) is 4.79 Å². The Morgan fingerprint density at radius 3 is 2.96 bits per heavy atom. The van der Waals surface area contributed by atoms with Crippen molar-refractivity contribution in [3.8, 4) is 0 Å². The van der Waals surface area contributed by atoms with E-state index < -0.39 is 0 Å². The number of rotatable bonds is 3. The Kier molecular flexibility index (Phi) is 3.96. The highest BCUT2D eigenvalue weighted by Gasteiger charge is 2.32. The molecule has 1 N–H and O–H groups in total. The van der Waals surface area contributed by atoms with Crippen molar-refractivity contribution in [2.24, 2.45) is 0 Å². The minimum absolute atomic E-state index is 0.109. The van der Waals surface area contributed by atoms with Gasteiger partial charge in [0.2, 0.25) is 5.91 Å².